The van der Waals surface area contributed by atoms with Crippen molar-refractivity contribution < 1.29 is 27.5 Å². The van der Waals surface area contributed by atoms with Crippen LogP contribution >= 0.6 is 0 Å². The van der Waals surface area contributed by atoms with Crippen molar-refractivity contribution in [3.05, 3.63) is 23.8 Å². The first-order valence-corrected chi connectivity index (χ1v) is 12.3. The monoisotopic (exact) mass is 449 g/mol. The third-order valence-corrected chi connectivity index (χ3v) is 7.69. The van der Waals surface area contributed by atoms with E-state index in [1.165, 1.54) is 5.01 Å². The molecule has 0 spiro atoms. The molecule has 3 aliphatic rings. The summed E-state index contributed by atoms with van der Waals surface area (Å²) < 4.78 is 34.5. The summed E-state index contributed by atoms with van der Waals surface area (Å²) in [5.41, 5.74) is 1.13. The zero-order valence-electron chi connectivity index (χ0n) is 17.7. The molecule has 1 unspecified atom stereocenters. The highest BCUT2D eigenvalue weighted by atomic mass is 32.2. The second kappa shape index (κ2) is 8.49. The molecule has 1 saturated heterocycles. The van der Waals surface area contributed by atoms with Crippen molar-refractivity contribution in [2.45, 2.75) is 50.7 Å². The lowest BCUT2D eigenvalue weighted by Gasteiger charge is -2.30. The number of hydrogen-bond donors (Lipinski definition) is 0. The molecule has 0 radical (unpaired) electrons. The van der Waals surface area contributed by atoms with Crippen LogP contribution in [0.15, 0.2) is 23.3 Å². The van der Waals surface area contributed by atoms with E-state index in [-0.39, 0.29) is 42.2 Å². The van der Waals surface area contributed by atoms with Gasteiger partial charge in [0.05, 0.1) is 38.3 Å². The van der Waals surface area contributed by atoms with Crippen molar-refractivity contribution in [3.63, 3.8) is 0 Å². The second-order valence-electron chi connectivity index (χ2n) is 8.18. The van der Waals surface area contributed by atoms with Gasteiger partial charge >= 0.3 is 0 Å². The summed E-state index contributed by atoms with van der Waals surface area (Å²) >= 11 is 0. The number of amides is 2. The number of carbonyl (C=O) groups excluding carboxylic acids is 2. The van der Waals surface area contributed by atoms with Crippen molar-refractivity contribution in [3.8, 4) is 11.5 Å². The maximum Gasteiger partial charge on any atom is 0.270 e. The van der Waals surface area contributed by atoms with Gasteiger partial charge < -0.3 is 14.4 Å². The molecule has 0 N–H and O–H groups in total. The van der Waals surface area contributed by atoms with E-state index in [2.05, 4.69) is 5.10 Å². The largest absolute Gasteiger partial charge is 0.497 e. The third kappa shape index (κ3) is 4.68. The topological polar surface area (TPSA) is 106 Å². The van der Waals surface area contributed by atoms with Crippen LogP contribution in [0.25, 0.3) is 0 Å². The predicted octanol–water partition coefficient (Wildman–Crippen LogP) is 1.36. The molecule has 1 aromatic rings. The van der Waals surface area contributed by atoms with Crippen LogP contribution in [0, 0.1) is 0 Å². The van der Waals surface area contributed by atoms with Crippen LogP contribution in [0.4, 0.5) is 0 Å². The first-order valence-electron chi connectivity index (χ1n) is 10.4. The average Bonchev–Trinajstić information content (AvgIpc) is 3.54. The summed E-state index contributed by atoms with van der Waals surface area (Å²) in [6, 6.07) is 5.08. The van der Waals surface area contributed by atoms with E-state index in [0.29, 0.717) is 30.2 Å². The Hall–Kier alpha value is -2.62. The molecule has 10 heteroatoms. The van der Waals surface area contributed by atoms with E-state index in [4.69, 9.17) is 9.47 Å². The Labute approximate surface area is 181 Å². The van der Waals surface area contributed by atoms with Crippen LogP contribution in [0.1, 0.15) is 37.7 Å². The van der Waals surface area contributed by atoms with Gasteiger partial charge in [0.2, 0.25) is 5.91 Å². The molecule has 4 rings (SSSR count). The van der Waals surface area contributed by atoms with Gasteiger partial charge in [-0.05, 0) is 37.5 Å². The Balaban J connectivity index is 1.57. The molecule has 1 saturated carbocycles. The quantitative estimate of drug-likeness (QED) is 0.622. The van der Waals surface area contributed by atoms with Gasteiger partial charge in [0.1, 0.15) is 17.2 Å². The molecule has 31 heavy (non-hydrogen) atoms. The molecule has 1 aromatic carbocycles. The highest BCUT2D eigenvalue weighted by Gasteiger charge is 2.40. The molecular weight excluding hydrogens is 422 g/mol. The lowest BCUT2D eigenvalue weighted by atomic mass is 10.1. The number of hydrogen-bond acceptors (Lipinski definition) is 7. The van der Waals surface area contributed by atoms with Gasteiger partial charge in [-0.25, -0.2) is 13.4 Å². The summed E-state index contributed by atoms with van der Waals surface area (Å²) in [6.45, 7) is 0.342. The fraction of sp³-hybridized carbons (Fsp3) is 0.571. The van der Waals surface area contributed by atoms with Crippen LogP contribution in [0.3, 0.4) is 0 Å². The van der Waals surface area contributed by atoms with Crippen molar-refractivity contribution in [1.82, 2.24) is 9.91 Å². The summed E-state index contributed by atoms with van der Waals surface area (Å²) in [5.74, 6) is 0.837. The molecular formula is C21H27N3O6S. The van der Waals surface area contributed by atoms with Crippen LogP contribution in [0.2, 0.25) is 0 Å². The molecule has 1 aliphatic carbocycles. The normalized spacial score (nSPS) is 22.8. The minimum atomic E-state index is -3.16. The SMILES string of the molecule is COc1ccc(OC)c(CN(C(=O)C2=NN(C3CCS(=O)(=O)C3)C(=O)CC2)C2CC2)c1. The van der Waals surface area contributed by atoms with E-state index in [1.807, 2.05) is 12.1 Å². The van der Waals surface area contributed by atoms with Crippen molar-refractivity contribution >= 4 is 27.4 Å². The van der Waals surface area contributed by atoms with E-state index in [9.17, 15) is 18.0 Å². The van der Waals surface area contributed by atoms with Crippen molar-refractivity contribution in [2.75, 3.05) is 25.7 Å². The molecule has 0 aromatic heterocycles. The first kappa shape index (κ1) is 21.6. The van der Waals surface area contributed by atoms with E-state index in [0.717, 1.165) is 18.4 Å². The smallest absolute Gasteiger partial charge is 0.270 e. The zero-order valence-corrected chi connectivity index (χ0v) is 18.6. The predicted molar refractivity (Wildman–Crippen MR) is 114 cm³/mol. The number of sulfone groups is 1. The Kier molecular flexibility index (Phi) is 5.92. The Bertz CT molecular complexity index is 1020. The highest BCUT2D eigenvalue weighted by molar-refractivity contribution is 7.91. The summed E-state index contributed by atoms with van der Waals surface area (Å²) in [4.78, 5) is 27.6. The fourth-order valence-electron chi connectivity index (χ4n) is 4.09. The number of ether oxygens (including phenoxy) is 2. The summed E-state index contributed by atoms with van der Waals surface area (Å²) in [5, 5.41) is 5.58. The van der Waals surface area contributed by atoms with E-state index in [1.54, 1.807) is 25.2 Å². The summed E-state index contributed by atoms with van der Waals surface area (Å²) in [7, 11) is 0.00160. The highest BCUT2D eigenvalue weighted by Crippen LogP contribution is 2.33. The Morgan fingerprint density at radius 3 is 2.58 bits per heavy atom. The van der Waals surface area contributed by atoms with Gasteiger partial charge in [-0.1, -0.05) is 0 Å². The summed E-state index contributed by atoms with van der Waals surface area (Å²) in [6.07, 6.45) is 2.59. The number of hydrazone groups is 1. The van der Waals surface area contributed by atoms with Gasteiger partial charge in [0, 0.05) is 24.4 Å². The average molecular weight is 450 g/mol. The van der Waals surface area contributed by atoms with Gasteiger partial charge in [0.25, 0.3) is 5.91 Å². The third-order valence-electron chi connectivity index (χ3n) is 5.94. The first-order chi connectivity index (χ1) is 14.8. The standard InChI is InChI=1S/C21H27N3O6S/c1-29-17-5-7-19(30-2)14(11-17)12-23(15-3-4-15)21(26)18-6-8-20(25)24(22-18)16-9-10-31(27,28)13-16/h5,7,11,15-16H,3-4,6,8-10,12-13H2,1-2H3. The van der Waals surface area contributed by atoms with E-state index >= 15 is 0 Å². The number of benzene rings is 1. The number of nitrogens with zero attached hydrogens (tertiary/aromatic N) is 3. The Morgan fingerprint density at radius 1 is 1.19 bits per heavy atom. The van der Waals surface area contributed by atoms with Gasteiger partial charge in [-0.3, -0.25) is 9.59 Å². The lowest BCUT2D eigenvalue weighted by Crippen LogP contribution is -2.45. The van der Waals surface area contributed by atoms with Crippen LogP contribution in [-0.4, -0.2) is 73.7 Å². The van der Waals surface area contributed by atoms with Gasteiger partial charge in [-0.2, -0.15) is 5.10 Å². The van der Waals surface area contributed by atoms with Gasteiger partial charge in [0.15, 0.2) is 9.84 Å². The fourth-order valence-corrected chi connectivity index (χ4v) is 5.78. The van der Waals surface area contributed by atoms with Gasteiger partial charge in [-0.15, -0.1) is 0 Å². The number of rotatable bonds is 7. The maximum atomic E-state index is 13.4. The van der Waals surface area contributed by atoms with E-state index < -0.39 is 15.9 Å². The van der Waals surface area contributed by atoms with Crippen LogP contribution < -0.4 is 9.47 Å². The minimum absolute atomic E-state index is 0.0457. The molecule has 2 aliphatic heterocycles. The number of carbonyl (C=O) groups is 2. The molecule has 2 fully saturated rings. The molecule has 1 atom stereocenters. The molecule has 168 valence electrons. The number of methoxy groups -OCH3 is 2. The minimum Gasteiger partial charge on any atom is -0.497 e. The van der Waals surface area contributed by atoms with Crippen molar-refractivity contribution in [2.24, 2.45) is 5.10 Å². The molecule has 9 nitrogen and oxygen atoms in total. The molecule has 0 bridgehead atoms. The maximum absolute atomic E-state index is 13.4. The van der Waals surface area contributed by atoms with Crippen LogP contribution in [-0.2, 0) is 26.0 Å². The lowest BCUT2D eigenvalue weighted by molar-refractivity contribution is -0.134. The molecule has 2 heterocycles. The van der Waals surface area contributed by atoms with Crippen LogP contribution in [0.5, 0.6) is 11.5 Å². The second-order valence-corrected chi connectivity index (χ2v) is 10.4. The zero-order chi connectivity index (χ0) is 22.2. The van der Waals surface area contributed by atoms with Crippen molar-refractivity contribution in [1.29, 1.82) is 0 Å². The Morgan fingerprint density at radius 2 is 1.97 bits per heavy atom. The molecule has 2 amide bonds.